The molecule has 2 fully saturated rings. The fourth-order valence-electron chi connectivity index (χ4n) is 2.57. The van der Waals surface area contributed by atoms with Gasteiger partial charge in [-0.15, -0.1) is 0 Å². The van der Waals surface area contributed by atoms with Crippen LogP contribution in [0.5, 0.6) is 0 Å². The number of rotatable bonds is 5. The summed E-state index contributed by atoms with van der Waals surface area (Å²) in [5.41, 5.74) is 5.92. The maximum Gasteiger partial charge on any atom is 0.265 e. The standard InChI is InChI=1S/C14H22N4O2S/c1-9(8-10-2-3-10)16-13(19)11-12(15)17-14(21-11)18-4-6-20-7-5-18/h9-10H,2-8,15H2,1H3,(H,16,19). The second-order valence-electron chi connectivity index (χ2n) is 5.86. The van der Waals surface area contributed by atoms with Gasteiger partial charge in [0.1, 0.15) is 10.7 Å². The molecule has 1 aliphatic carbocycles. The van der Waals surface area contributed by atoms with Crippen LogP contribution in [0.4, 0.5) is 10.9 Å². The Bertz CT molecular complexity index is 509. The molecule has 2 heterocycles. The third-order valence-corrected chi connectivity index (χ3v) is 5.02. The summed E-state index contributed by atoms with van der Waals surface area (Å²) in [6, 6.07) is 0.193. The second kappa shape index (κ2) is 6.19. The zero-order valence-corrected chi connectivity index (χ0v) is 13.1. The first kappa shape index (κ1) is 14.6. The molecule has 0 aromatic carbocycles. The van der Waals surface area contributed by atoms with Crippen LogP contribution in [-0.4, -0.2) is 43.2 Å². The summed E-state index contributed by atoms with van der Waals surface area (Å²) in [7, 11) is 0. The molecule has 1 aliphatic heterocycles. The predicted octanol–water partition coefficient (Wildman–Crippen LogP) is 1.48. The highest BCUT2D eigenvalue weighted by molar-refractivity contribution is 7.18. The Hall–Kier alpha value is -1.34. The number of nitrogen functional groups attached to an aromatic ring is 1. The number of hydrogen-bond acceptors (Lipinski definition) is 6. The van der Waals surface area contributed by atoms with E-state index in [1.165, 1.54) is 24.2 Å². The van der Waals surface area contributed by atoms with E-state index in [-0.39, 0.29) is 11.9 Å². The van der Waals surface area contributed by atoms with Gasteiger partial charge in [0.2, 0.25) is 0 Å². The fraction of sp³-hybridized carbons (Fsp3) is 0.714. The highest BCUT2D eigenvalue weighted by Crippen LogP contribution is 2.34. The second-order valence-corrected chi connectivity index (χ2v) is 6.84. The molecule has 6 nitrogen and oxygen atoms in total. The zero-order chi connectivity index (χ0) is 14.8. The first-order chi connectivity index (χ1) is 10.1. The van der Waals surface area contributed by atoms with Crippen molar-refractivity contribution >= 4 is 28.2 Å². The average molecular weight is 310 g/mol. The Morgan fingerprint density at radius 3 is 2.90 bits per heavy atom. The first-order valence-electron chi connectivity index (χ1n) is 7.53. The van der Waals surface area contributed by atoms with Gasteiger partial charge in [0, 0.05) is 19.1 Å². The summed E-state index contributed by atoms with van der Waals surface area (Å²) in [5, 5.41) is 3.85. The Balaban J connectivity index is 1.63. The van der Waals surface area contributed by atoms with E-state index >= 15 is 0 Å². The van der Waals surface area contributed by atoms with Crippen molar-refractivity contribution in [1.29, 1.82) is 0 Å². The molecule has 3 N–H and O–H groups in total. The number of ether oxygens (including phenoxy) is 1. The van der Waals surface area contributed by atoms with E-state index in [0.717, 1.165) is 30.6 Å². The number of carbonyl (C=O) groups is 1. The molecule has 1 aromatic rings. The lowest BCUT2D eigenvalue weighted by Gasteiger charge is -2.25. The number of nitrogens with two attached hydrogens (primary N) is 1. The first-order valence-corrected chi connectivity index (χ1v) is 8.35. The molecule has 1 amide bonds. The van der Waals surface area contributed by atoms with Crippen LogP contribution in [-0.2, 0) is 4.74 Å². The quantitative estimate of drug-likeness (QED) is 0.861. The van der Waals surface area contributed by atoms with Gasteiger partial charge >= 0.3 is 0 Å². The topological polar surface area (TPSA) is 80.5 Å². The molecule has 1 aromatic heterocycles. The van der Waals surface area contributed by atoms with Crippen molar-refractivity contribution in [2.75, 3.05) is 36.9 Å². The maximum atomic E-state index is 12.3. The number of nitrogens with one attached hydrogen (secondary N) is 1. The Morgan fingerprint density at radius 1 is 1.52 bits per heavy atom. The summed E-state index contributed by atoms with van der Waals surface area (Å²) in [6.07, 6.45) is 3.65. The van der Waals surface area contributed by atoms with Gasteiger partial charge < -0.3 is 20.7 Å². The third-order valence-electron chi connectivity index (χ3n) is 3.89. The molecule has 1 unspecified atom stereocenters. The summed E-state index contributed by atoms with van der Waals surface area (Å²) >= 11 is 1.37. The van der Waals surface area contributed by atoms with Crippen LogP contribution in [0.15, 0.2) is 0 Å². The molecule has 7 heteroatoms. The van der Waals surface area contributed by atoms with Crippen molar-refractivity contribution in [3.05, 3.63) is 4.88 Å². The van der Waals surface area contributed by atoms with Crippen molar-refractivity contribution in [3.63, 3.8) is 0 Å². The maximum absolute atomic E-state index is 12.3. The van der Waals surface area contributed by atoms with Crippen LogP contribution >= 0.6 is 11.3 Å². The van der Waals surface area contributed by atoms with E-state index in [4.69, 9.17) is 10.5 Å². The number of amides is 1. The molecular weight excluding hydrogens is 288 g/mol. The van der Waals surface area contributed by atoms with Gasteiger partial charge in [-0.25, -0.2) is 4.98 Å². The normalized spacial score (nSPS) is 20.3. The van der Waals surface area contributed by atoms with E-state index in [2.05, 4.69) is 22.1 Å². The van der Waals surface area contributed by atoms with Gasteiger partial charge in [0.15, 0.2) is 5.13 Å². The number of nitrogens with zero attached hydrogens (tertiary/aromatic N) is 2. The molecule has 1 saturated carbocycles. The molecule has 2 aliphatic rings. The number of hydrogen-bond donors (Lipinski definition) is 2. The summed E-state index contributed by atoms with van der Waals surface area (Å²) in [5.74, 6) is 1.03. The van der Waals surface area contributed by atoms with Crippen LogP contribution in [0.2, 0.25) is 0 Å². The number of carbonyl (C=O) groups excluding carboxylic acids is 1. The van der Waals surface area contributed by atoms with Gasteiger partial charge in [-0.2, -0.15) is 0 Å². The Morgan fingerprint density at radius 2 is 2.24 bits per heavy atom. The van der Waals surface area contributed by atoms with Crippen LogP contribution < -0.4 is 16.0 Å². The molecule has 21 heavy (non-hydrogen) atoms. The molecule has 1 saturated heterocycles. The highest BCUT2D eigenvalue weighted by Gasteiger charge is 2.26. The minimum Gasteiger partial charge on any atom is -0.382 e. The van der Waals surface area contributed by atoms with Gasteiger partial charge in [0.05, 0.1) is 13.2 Å². The van der Waals surface area contributed by atoms with E-state index in [1.54, 1.807) is 0 Å². The molecule has 0 radical (unpaired) electrons. The van der Waals surface area contributed by atoms with Crippen molar-refractivity contribution in [2.45, 2.75) is 32.2 Å². The van der Waals surface area contributed by atoms with Crippen molar-refractivity contribution in [1.82, 2.24) is 10.3 Å². The summed E-state index contributed by atoms with van der Waals surface area (Å²) in [6.45, 7) is 5.04. The smallest absolute Gasteiger partial charge is 0.265 e. The monoisotopic (exact) mass is 310 g/mol. The molecule has 116 valence electrons. The van der Waals surface area contributed by atoms with Crippen LogP contribution in [0.1, 0.15) is 35.9 Å². The molecule has 3 rings (SSSR count). The van der Waals surface area contributed by atoms with Crippen molar-refractivity contribution in [2.24, 2.45) is 5.92 Å². The van der Waals surface area contributed by atoms with E-state index < -0.39 is 0 Å². The Labute approximate surface area is 128 Å². The third kappa shape index (κ3) is 3.65. The number of thiazole rings is 1. The predicted molar refractivity (Wildman–Crippen MR) is 83.8 cm³/mol. The van der Waals surface area contributed by atoms with Gasteiger partial charge in [-0.05, 0) is 19.3 Å². The highest BCUT2D eigenvalue weighted by atomic mass is 32.1. The Kier molecular flexibility index (Phi) is 4.30. The van der Waals surface area contributed by atoms with E-state index in [9.17, 15) is 4.79 Å². The van der Waals surface area contributed by atoms with Crippen molar-refractivity contribution in [3.8, 4) is 0 Å². The summed E-state index contributed by atoms with van der Waals surface area (Å²) < 4.78 is 5.33. The molecule has 0 spiro atoms. The molecule has 0 bridgehead atoms. The largest absolute Gasteiger partial charge is 0.382 e. The minimum absolute atomic E-state index is 0.0994. The van der Waals surface area contributed by atoms with Crippen LogP contribution in [0.3, 0.4) is 0 Å². The lowest BCUT2D eigenvalue weighted by Crippen LogP contribution is -2.36. The number of morpholine rings is 1. The zero-order valence-electron chi connectivity index (χ0n) is 12.3. The fourth-order valence-corrected chi connectivity index (χ4v) is 3.51. The number of anilines is 2. The lowest BCUT2D eigenvalue weighted by atomic mass is 10.1. The van der Waals surface area contributed by atoms with E-state index in [0.29, 0.717) is 23.9 Å². The summed E-state index contributed by atoms with van der Waals surface area (Å²) in [4.78, 5) is 19.3. The van der Waals surface area contributed by atoms with Gasteiger partial charge in [-0.3, -0.25) is 4.79 Å². The molecule has 1 atom stereocenters. The minimum atomic E-state index is -0.0994. The SMILES string of the molecule is CC(CC1CC1)NC(=O)c1sc(N2CCOCC2)nc1N. The van der Waals surface area contributed by atoms with Crippen LogP contribution in [0, 0.1) is 5.92 Å². The number of aromatic nitrogens is 1. The van der Waals surface area contributed by atoms with Crippen molar-refractivity contribution < 1.29 is 9.53 Å². The average Bonchev–Trinajstić information content (AvgIpc) is 3.19. The van der Waals surface area contributed by atoms with E-state index in [1.807, 2.05) is 0 Å². The van der Waals surface area contributed by atoms with Crippen LogP contribution in [0.25, 0.3) is 0 Å². The van der Waals surface area contributed by atoms with Gasteiger partial charge in [-0.1, -0.05) is 24.2 Å². The van der Waals surface area contributed by atoms with Gasteiger partial charge in [0.25, 0.3) is 5.91 Å². The lowest BCUT2D eigenvalue weighted by molar-refractivity contribution is 0.0942. The molecular formula is C14H22N4O2S.